The molecule has 0 bridgehead atoms. The van der Waals surface area contributed by atoms with E-state index in [4.69, 9.17) is 18.9 Å². The molecule has 2 rings (SSSR count). The fourth-order valence-electron chi connectivity index (χ4n) is 2.75. The van der Waals surface area contributed by atoms with Crippen LogP contribution in [-0.4, -0.2) is 11.9 Å². The Morgan fingerprint density at radius 3 is 1.67 bits per heavy atom. The molecule has 36 heavy (non-hydrogen) atoms. The van der Waals surface area contributed by atoms with Gasteiger partial charge < -0.3 is 18.9 Å². The van der Waals surface area contributed by atoms with E-state index in [-0.39, 0.29) is 17.3 Å². The fraction of sp³-hybridized carbons (Fsp3) is 0.185. The van der Waals surface area contributed by atoms with E-state index in [2.05, 4.69) is 13.2 Å². The first kappa shape index (κ1) is 28.0. The Morgan fingerprint density at radius 2 is 1.19 bits per heavy atom. The quantitative estimate of drug-likeness (QED) is 0.207. The first-order valence-corrected chi connectivity index (χ1v) is 10.6. The maximum Gasteiger partial charge on any atom is 0.420 e. The van der Waals surface area contributed by atoms with E-state index in [1.165, 1.54) is 26.0 Å². The Bertz CT molecular complexity index is 1220. The van der Waals surface area contributed by atoms with Gasteiger partial charge in [-0.2, -0.15) is 13.2 Å². The smallest absolute Gasteiger partial charge is 0.420 e. The van der Waals surface area contributed by atoms with Crippen molar-refractivity contribution in [3.63, 3.8) is 0 Å². The predicted molar refractivity (Wildman–Crippen MR) is 127 cm³/mol. The summed E-state index contributed by atoms with van der Waals surface area (Å²) < 4.78 is 62.3. The third-order valence-corrected chi connectivity index (χ3v) is 4.84. The maximum absolute atomic E-state index is 13.8. The summed E-state index contributed by atoms with van der Waals surface area (Å²) in [5.74, 6) is -0.863. The summed E-state index contributed by atoms with van der Waals surface area (Å²) in [5.41, 5.74) is -0.207. The second-order valence-electron chi connectivity index (χ2n) is 7.41. The van der Waals surface area contributed by atoms with Crippen molar-refractivity contribution in [2.24, 2.45) is 0 Å². The molecule has 2 aromatic rings. The van der Waals surface area contributed by atoms with Crippen LogP contribution in [0.2, 0.25) is 0 Å². The Hall–Kier alpha value is -4.27. The van der Waals surface area contributed by atoms with E-state index in [0.29, 0.717) is 22.6 Å². The Balaban J connectivity index is 2.31. The summed E-state index contributed by atoms with van der Waals surface area (Å²) in [6.07, 6.45) is -2.75. The minimum Gasteiger partial charge on any atom is -0.459 e. The van der Waals surface area contributed by atoms with E-state index in [9.17, 15) is 22.8 Å². The standard InChI is InChI=1S/C27H25F3O6/c1-7-25(31)35-18(5)16(3)33-22-12-9-20(10-13-22)21-11-14-24(23(15-21)27(28,29)30)34-17(4)19(6)36-26(32)8-2/h7-15H,1-2H2,3-6H3/b18-16+,19-17+. The lowest BCUT2D eigenvalue weighted by Crippen LogP contribution is -2.10. The van der Waals surface area contributed by atoms with Gasteiger partial charge in [0.2, 0.25) is 0 Å². The maximum atomic E-state index is 13.8. The average molecular weight is 502 g/mol. The van der Waals surface area contributed by atoms with Crippen molar-refractivity contribution in [2.75, 3.05) is 0 Å². The van der Waals surface area contributed by atoms with Crippen LogP contribution in [-0.2, 0) is 25.2 Å². The third-order valence-electron chi connectivity index (χ3n) is 4.84. The Kier molecular flexibility index (Phi) is 9.26. The molecule has 0 atom stereocenters. The summed E-state index contributed by atoms with van der Waals surface area (Å²) in [5, 5.41) is 0. The average Bonchev–Trinajstić information content (AvgIpc) is 2.83. The second kappa shape index (κ2) is 11.9. The lowest BCUT2D eigenvalue weighted by atomic mass is 10.0. The highest BCUT2D eigenvalue weighted by Crippen LogP contribution is 2.40. The van der Waals surface area contributed by atoms with Crippen LogP contribution in [0.4, 0.5) is 13.2 Å². The lowest BCUT2D eigenvalue weighted by Gasteiger charge is -2.17. The van der Waals surface area contributed by atoms with Crippen LogP contribution in [0.3, 0.4) is 0 Å². The number of hydrogen-bond acceptors (Lipinski definition) is 6. The Labute approximate surface area is 206 Å². The zero-order chi connectivity index (χ0) is 27.0. The van der Waals surface area contributed by atoms with Crippen LogP contribution in [0.1, 0.15) is 33.3 Å². The van der Waals surface area contributed by atoms with E-state index in [0.717, 1.165) is 18.2 Å². The summed E-state index contributed by atoms with van der Waals surface area (Å²) in [7, 11) is 0. The molecule has 0 unspecified atom stereocenters. The molecule has 190 valence electrons. The normalized spacial score (nSPS) is 12.5. The molecule has 0 aliphatic rings. The zero-order valence-electron chi connectivity index (χ0n) is 20.2. The second-order valence-corrected chi connectivity index (χ2v) is 7.41. The molecule has 2 aromatic carbocycles. The highest BCUT2D eigenvalue weighted by atomic mass is 19.4. The number of carbonyl (C=O) groups is 2. The molecule has 0 saturated heterocycles. The number of rotatable bonds is 9. The summed E-state index contributed by atoms with van der Waals surface area (Å²) >= 11 is 0. The number of ether oxygens (including phenoxy) is 4. The number of alkyl halides is 3. The molecule has 0 aromatic heterocycles. The van der Waals surface area contributed by atoms with Crippen molar-refractivity contribution in [1.29, 1.82) is 0 Å². The van der Waals surface area contributed by atoms with Crippen LogP contribution in [0.25, 0.3) is 11.1 Å². The van der Waals surface area contributed by atoms with Crippen molar-refractivity contribution < 1.29 is 41.7 Å². The lowest BCUT2D eigenvalue weighted by molar-refractivity contribution is -0.139. The molecule has 9 heteroatoms. The minimum atomic E-state index is -4.71. The fourth-order valence-corrected chi connectivity index (χ4v) is 2.75. The van der Waals surface area contributed by atoms with Crippen molar-refractivity contribution in [3.05, 3.63) is 96.4 Å². The van der Waals surface area contributed by atoms with Crippen LogP contribution >= 0.6 is 0 Å². The molecule has 0 amide bonds. The topological polar surface area (TPSA) is 71.1 Å². The van der Waals surface area contributed by atoms with Crippen molar-refractivity contribution in [1.82, 2.24) is 0 Å². The van der Waals surface area contributed by atoms with Gasteiger partial charge in [0.1, 0.15) is 34.5 Å². The monoisotopic (exact) mass is 502 g/mol. The summed E-state index contributed by atoms with van der Waals surface area (Å²) in [6, 6.07) is 9.96. The van der Waals surface area contributed by atoms with Gasteiger partial charge >= 0.3 is 18.1 Å². The van der Waals surface area contributed by atoms with E-state index >= 15 is 0 Å². The van der Waals surface area contributed by atoms with Gasteiger partial charge in [-0.25, -0.2) is 9.59 Å². The van der Waals surface area contributed by atoms with Crippen LogP contribution in [0, 0.1) is 0 Å². The third kappa shape index (κ3) is 7.63. The number of allylic oxidation sites excluding steroid dienone is 4. The molecule has 0 saturated carbocycles. The first-order chi connectivity index (χ1) is 16.8. The van der Waals surface area contributed by atoms with E-state index in [1.807, 2.05) is 0 Å². The molecular formula is C27H25F3O6. The van der Waals surface area contributed by atoms with Gasteiger partial charge in [-0.15, -0.1) is 0 Å². The van der Waals surface area contributed by atoms with Gasteiger partial charge in [-0.3, -0.25) is 0 Å². The molecule has 0 heterocycles. The zero-order valence-corrected chi connectivity index (χ0v) is 20.2. The first-order valence-electron chi connectivity index (χ1n) is 10.6. The summed E-state index contributed by atoms with van der Waals surface area (Å²) in [4.78, 5) is 22.6. The van der Waals surface area contributed by atoms with Gasteiger partial charge in [-0.05, 0) is 63.1 Å². The molecule has 0 aliphatic heterocycles. The number of esters is 2. The van der Waals surface area contributed by atoms with Gasteiger partial charge in [0.15, 0.2) is 0 Å². The largest absolute Gasteiger partial charge is 0.459 e. The number of benzene rings is 2. The molecular weight excluding hydrogens is 477 g/mol. The number of hydrogen-bond donors (Lipinski definition) is 0. The van der Waals surface area contributed by atoms with Crippen molar-refractivity contribution >= 4 is 11.9 Å². The SMILES string of the molecule is C=CC(=O)O/C(C)=C(\C)Oc1ccc(-c2ccc(O/C(C)=C(\C)OC(=O)C=C)c(C(F)(F)F)c2)cc1. The summed E-state index contributed by atoms with van der Waals surface area (Å²) in [6.45, 7) is 12.5. The van der Waals surface area contributed by atoms with Gasteiger partial charge in [0.05, 0.1) is 5.56 Å². The van der Waals surface area contributed by atoms with E-state index < -0.39 is 29.4 Å². The van der Waals surface area contributed by atoms with Crippen LogP contribution in [0.5, 0.6) is 11.5 Å². The van der Waals surface area contributed by atoms with Crippen LogP contribution < -0.4 is 9.47 Å². The highest BCUT2D eigenvalue weighted by molar-refractivity contribution is 5.82. The molecule has 0 spiro atoms. The van der Waals surface area contributed by atoms with Crippen molar-refractivity contribution in [2.45, 2.75) is 33.9 Å². The molecule has 0 radical (unpaired) electrons. The predicted octanol–water partition coefficient (Wildman–Crippen LogP) is 7.09. The molecule has 0 aliphatic carbocycles. The van der Waals surface area contributed by atoms with Gasteiger partial charge in [0.25, 0.3) is 0 Å². The number of carbonyl (C=O) groups excluding carboxylic acids is 2. The number of halogens is 3. The minimum absolute atomic E-state index is 0.00604. The highest BCUT2D eigenvalue weighted by Gasteiger charge is 2.35. The van der Waals surface area contributed by atoms with Crippen molar-refractivity contribution in [3.8, 4) is 22.6 Å². The Morgan fingerprint density at radius 1 is 0.722 bits per heavy atom. The van der Waals surface area contributed by atoms with Crippen LogP contribution in [0.15, 0.2) is 90.8 Å². The van der Waals surface area contributed by atoms with Gasteiger partial charge in [-0.1, -0.05) is 31.4 Å². The van der Waals surface area contributed by atoms with E-state index in [1.54, 1.807) is 38.1 Å². The van der Waals surface area contributed by atoms with Gasteiger partial charge in [0, 0.05) is 12.2 Å². The molecule has 0 fully saturated rings. The molecule has 0 N–H and O–H groups in total. The molecule has 6 nitrogen and oxygen atoms in total.